The maximum atomic E-state index is 13.5. The van der Waals surface area contributed by atoms with Crippen LogP contribution in [0.2, 0.25) is 0 Å². The maximum absolute atomic E-state index is 13.5. The fraction of sp³-hybridized carbons (Fsp3) is 0.267. The number of hydrogen-bond donors (Lipinski definition) is 1. The van der Waals surface area contributed by atoms with E-state index in [-0.39, 0.29) is 5.56 Å². The average Bonchev–Trinajstić information content (AvgIpc) is 2.38. The highest BCUT2D eigenvalue weighted by molar-refractivity contribution is 5.20. The van der Waals surface area contributed by atoms with Gasteiger partial charge in [-0.15, -0.1) is 0 Å². The van der Waals surface area contributed by atoms with Crippen molar-refractivity contribution in [1.82, 2.24) is 4.98 Å². The molecule has 0 unspecified atom stereocenters. The molecule has 2 nitrogen and oxygen atoms in total. The van der Waals surface area contributed by atoms with Crippen LogP contribution in [0, 0.1) is 5.95 Å². The van der Waals surface area contributed by atoms with Crippen LogP contribution in [0.5, 0.6) is 0 Å². The quantitative estimate of drug-likeness (QED) is 0.840. The van der Waals surface area contributed by atoms with Crippen molar-refractivity contribution in [2.75, 3.05) is 0 Å². The summed E-state index contributed by atoms with van der Waals surface area (Å²) in [5, 5.41) is 10.3. The summed E-state index contributed by atoms with van der Waals surface area (Å²) >= 11 is 0. The highest BCUT2D eigenvalue weighted by Gasteiger charge is 2.26. The van der Waals surface area contributed by atoms with E-state index in [1.54, 1.807) is 19.1 Å². The smallest absolute Gasteiger partial charge is 0.218 e. The van der Waals surface area contributed by atoms with Gasteiger partial charge in [0.1, 0.15) is 0 Å². The van der Waals surface area contributed by atoms with Gasteiger partial charge in [0.15, 0.2) is 0 Å². The van der Waals surface area contributed by atoms with Crippen LogP contribution < -0.4 is 0 Å². The van der Waals surface area contributed by atoms with Gasteiger partial charge in [0.25, 0.3) is 0 Å². The Hall–Kier alpha value is -1.74. The molecule has 2 aromatic rings. The summed E-state index contributed by atoms with van der Waals surface area (Å²) in [6.07, 6.45) is 2.54. The zero-order valence-electron chi connectivity index (χ0n) is 10.3. The normalized spacial score (nSPS) is 14.2. The first kappa shape index (κ1) is 12.7. The Morgan fingerprint density at radius 3 is 2.56 bits per heavy atom. The molecule has 1 aromatic carbocycles. The van der Waals surface area contributed by atoms with Gasteiger partial charge in [-0.25, -0.2) is 4.98 Å². The number of rotatable bonds is 4. The molecule has 0 aliphatic carbocycles. The minimum Gasteiger partial charge on any atom is -0.385 e. The van der Waals surface area contributed by atoms with E-state index in [0.29, 0.717) is 12.8 Å². The first-order valence-electron chi connectivity index (χ1n) is 5.97. The summed E-state index contributed by atoms with van der Waals surface area (Å²) in [5.74, 6) is -0.601. The molecule has 1 N–H and O–H groups in total. The van der Waals surface area contributed by atoms with Gasteiger partial charge in [-0.1, -0.05) is 36.4 Å². The van der Waals surface area contributed by atoms with Gasteiger partial charge < -0.3 is 5.11 Å². The highest BCUT2D eigenvalue weighted by atomic mass is 19.1. The van der Waals surface area contributed by atoms with Crippen LogP contribution in [0.3, 0.4) is 0 Å². The predicted molar refractivity (Wildman–Crippen MR) is 68.5 cm³/mol. The minimum absolute atomic E-state index is 0.251. The lowest BCUT2D eigenvalue weighted by atomic mass is 9.90. The number of benzene rings is 1. The Morgan fingerprint density at radius 2 is 1.89 bits per heavy atom. The standard InChI is InChI=1S/C15H16FNO/c1-15(18,13-8-5-11-17-14(13)16)10-9-12-6-3-2-4-7-12/h2-8,11,18H,9-10H2,1H3/t15-/m1/s1. The third-order valence-electron chi connectivity index (χ3n) is 3.08. The van der Waals surface area contributed by atoms with Crippen LogP contribution in [0.1, 0.15) is 24.5 Å². The Morgan fingerprint density at radius 1 is 1.17 bits per heavy atom. The van der Waals surface area contributed by atoms with Crippen LogP contribution in [0.4, 0.5) is 4.39 Å². The molecule has 0 spiro atoms. The van der Waals surface area contributed by atoms with E-state index in [1.807, 2.05) is 30.3 Å². The summed E-state index contributed by atoms with van der Waals surface area (Å²) in [7, 11) is 0. The number of aliphatic hydroxyl groups is 1. The fourth-order valence-corrected chi connectivity index (χ4v) is 1.95. The molecule has 0 aliphatic rings. The first-order valence-corrected chi connectivity index (χ1v) is 5.97. The third-order valence-corrected chi connectivity index (χ3v) is 3.08. The SMILES string of the molecule is C[C@@](O)(CCc1ccccc1)c1cccnc1F. The molecule has 1 heterocycles. The van der Waals surface area contributed by atoms with Crippen LogP contribution in [0.15, 0.2) is 48.7 Å². The Labute approximate surface area is 106 Å². The molecule has 0 saturated carbocycles. The Kier molecular flexibility index (Phi) is 3.72. The van der Waals surface area contributed by atoms with Crippen molar-refractivity contribution in [2.45, 2.75) is 25.4 Å². The largest absolute Gasteiger partial charge is 0.385 e. The number of pyridine rings is 1. The van der Waals surface area contributed by atoms with E-state index in [4.69, 9.17) is 0 Å². The molecule has 1 atom stereocenters. The molecule has 1 aromatic heterocycles. The molecule has 18 heavy (non-hydrogen) atoms. The predicted octanol–water partition coefficient (Wildman–Crippen LogP) is 3.06. The molecule has 0 aliphatic heterocycles. The zero-order chi connectivity index (χ0) is 13.0. The molecule has 0 amide bonds. The van der Waals surface area contributed by atoms with Crippen molar-refractivity contribution in [1.29, 1.82) is 0 Å². The summed E-state index contributed by atoms with van der Waals surface area (Å²) in [6.45, 7) is 1.62. The minimum atomic E-state index is -1.20. The van der Waals surface area contributed by atoms with Gasteiger partial charge in [0.2, 0.25) is 5.95 Å². The second kappa shape index (κ2) is 5.27. The van der Waals surface area contributed by atoms with Gasteiger partial charge in [-0.05, 0) is 31.4 Å². The monoisotopic (exact) mass is 245 g/mol. The van der Waals surface area contributed by atoms with Gasteiger partial charge in [-0.3, -0.25) is 0 Å². The summed E-state index contributed by atoms with van der Waals surface area (Å²) in [5.41, 5.74) is 0.178. The van der Waals surface area contributed by atoms with Crippen LogP contribution in [-0.2, 0) is 12.0 Å². The van der Waals surface area contributed by atoms with Crippen LogP contribution in [0.25, 0.3) is 0 Å². The van der Waals surface area contributed by atoms with E-state index in [9.17, 15) is 9.50 Å². The van der Waals surface area contributed by atoms with Crippen molar-refractivity contribution >= 4 is 0 Å². The fourth-order valence-electron chi connectivity index (χ4n) is 1.95. The van der Waals surface area contributed by atoms with Crippen molar-refractivity contribution in [3.05, 3.63) is 65.7 Å². The maximum Gasteiger partial charge on any atom is 0.218 e. The number of halogens is 1. The van der Waals surface area contributed by atoms with Crippen molar-refractivity contribution in [2.24, 2.45) is 0 Å². The highest BCUT2D eigenvalue weighted by Crippen LogP contribution is 2.27. The average molecular weight is 245 g/mol. The van der Waals surface area contributed by atoms with E-state index < -0.39 is 11.5 Å². The lowest BCUT2D eigenvalue weighted by Gasteiger charge is -2.23. The summed E-state index contributed by atoms with van der Waals surface area (Å²) in [6, 6.07) is 13.1. The molecular formula is C15H16FNO. The lowest BCUT2D eigenvalue weighted by Crippen LogP contribution is -2.24. The second-order valence-electron chi connectivity index (χ2n) is 4.60. The lowest BCUT2D eigenvalue weighted by molar-refractivity contribution is 0.0435. The first-order chi connectivity index (χ1) is 8.59. The molecule has 3 heteroatoms. The molecule has 94 valence electrons. The van der Waals surface area contributed by atoms with Crippen LogP contribution in [-0.4, -0.2) is 10.1 Å². The molecule has 2 rings (SSSR count). The molecule has 0 radical (unpaired) electrons. The third kappa shape index (κ3) is 2.93. The molecule has 0 bridgehead atoms. The van der Waals surface area contributed by atoms with E-state index in [0.717, 1.165) is 5.56 Å². The second-order valence-corrected chi connectivity index (χ2v) is 4.60. The number of nitrogens with zero attached hydrogens (tertiary/aromatic N) is 1. The van der Waals surface area contributed by atoms with Crippen molar-refractivity contribution < 1.29 is 9.50 Å². The Balaban J connectivity index is 2.11. The summed E-state index contributed by atoms with van der Waals surface area (Å²) in [4.78, 5) is 3.57. The Bertz CT molecular complexity index is 511. The zero-order valence-corrected chi connectivity index (χ0v) is 10.3. The van der Waals surface area contributed by atoms with E-state index in [2.05, 4.69) is 4.98 Å². The van der Waals surface area contributed by atoms with E-state index >= 15 is 0 Å². The van der Waals surface area contributed by atoms with Gasteiger partial charge in [-0.2, -0.15) is 4.39 Å². The van der Waals surface area contributed by atoms with Crippen molar-refractivity contribution in [3.8, 4) is 0 Å². The molecule has 0 fully saturated rings. The van der Waals surface area contributed by atoms with Gasteiger partial charge in [0.05, 0.1) is 5.60 Å². The molecular weight excluding hydrogens is 229 g/mol. The van der Waals surface area contributed by atoms with Gasteiger partial charge in [0, 0.05) is 11.8 Å². The number of aryl methyl sites for hydroxylation is 1. The van der Waals surface area contributed by atoms with Gasteiger partial charge >= 0.3 is 0 Å². The molecule has 0 saturated heterocycles. The number of hydrogen-bond acceptors (Lipinski definition) is 2. The van der Waals surface area contributed by atoms with E-state index in [1.165, 1.54) is 6.20 Å². The summed E-state index contributed by atoms with van der Waals surface area (Å²) < 4.78 is 13.5. The van der Waals surface area contributed by atoms with Crippen molar-refractivity contribution in [3.63, 3.8) is 0 Å². The number of aromatic nitrogens is 1. The van der Waals surface area contributed by atoms with Crippen LogP contribution >= 0.6 is 0 Å². The topological polar surface area (TPSA) is 33.1 Å².